The molecule has 0 aromatic carbocycles. The SMILES string of the molecule is CC1CC(NCCN(C)C)CN1C1CC1. The van der Waals surface area contributed by atoms with Crippen molar-refractivity contribution in [2.75, 3.05) is 33.7 Å². The Bertz CT molecular complexity index is 201. The average molecular weight is 211 g/mol. The van der Waals surface area contributed by atoms with Crippen LogP contribution in [0.4, 0.5) is 0 Å². The second-order valence-electron chi connectivity index (χ2n) is 5.47. The third-order valence-electron chi connectivity index (χ3n) is 3.63. The van der Waals surface area contributed by atoms with Crippen molar-refractivity contribution in [3.8, 4) is 0 Å². The second kappa shape index (κ2) is 4.81. The molecule has 1 saturated heterocycles. The van der Waals surface area contributed by atoms with Gasteiger partial charge in [0.05, 0.1) is 0 Å². The maximum Gasteiger partial charge on any atom is 0.0210 e. The van der Waals surface area contributed by atoms with Crippen LogP contribution in [-0.4, -0.2) is 61.7 Å². The van der Waals surface area contributed by atoms with Crippen molar-refractivity contribution >= 4 is 0 Å². The van der Waals surface area contributed by atoms with Gasteiger partial charge in [0, 0.05) is 37.8 Å². The Morgan fingerprint density at radius 1 is 1.33 bits per heavy atom. The number of nitrogens with zero attached hydrogens (tertiary/aromatic N) is 2. The molecule has 1 saturated carbocycles. The molecule has 0 aromatic heterocycles. The number of likely N-dealkylation sites (tertiary alicyclic amines) is 1. The molecule has 15 heavy (non-hydrogen) atoms. The zero-order valence-electron chi connectivity index (χ0n) is 10.4. The molecule has 0 aromatic rings. The van der Waals surface area contributed by atoms with Crippen LogP contribution in [0.5, 0.6) is 0 Å². The number of hydrogen-bond donors (Lipinski definition) is 1. The molecule has 0 radical (unpaired) electrons. The third-order valence-corrected chi connectivity index (χ3v) is 3.63. The summed E-state index contributed by atoms with van der Waals surface area (Å²) in [5.74, 6) is 0. The Morgan fingerprint density at radius 3 is 2.67 bits per heavy atom. The summed E-state index contributed by atoms with van der Waals surface area (Å²) < 4.78 is 0. The van der Waals surface area contributed by atoms with Gasteiger partial charge in [-0.15, -0.1) is 0 Å². The summed E-state index contributed by atoms with van der Waals surface area (Å²) in [5, 5.41) is 3.67. The Hall–Kier alpha value is -0.120. The average Bonchev–Trinajstić information content (AvgIpc) is 2.91. The summed E-state index contributed by atoms with van der Waals surface area (Å²) in [7, 11) is 4.27. The van der Waals surface area contributed by atoms with Gasteiger partial charge in [0.15, 0.2) is 0 Å². The van der Waals surface area contributed by atoms with Gasteiger partial charge < -0.3 is 10.2 Å². The maximum atomic E-state index is 3.67. The Kier molecular flexibility index (Phi) is 3.65. The zero-order valence-corrected chi connectivity index (χ0v) is 10.4. The topological polar surface area (TPSA) is 18.5 Å². The predicted octanol–water partition coefficient (Wildman–Crippen LogP) is 0.763. The lowest BCUT2D eigenvalue weighted by Crippen LogP contribution is -2.37. The second-order valence-corrected chi connectivity index (χ2v) is 5.47. The van der Waals surface area contributed by atoms with Crippen LogP contribution in [0.15, 0.2) is 0 Å². The summed E-state index contributed by atoms with van der Waals surface area (Å²) in [5.41, 5.74) is 0. The minimum Gasteiger partial charge on any atom is -0.311 e. The van der Waals surface area contributed by atoms with Crippen LogP contribution in [0.1, 0.15) is 26.2 Å². The maximum absolute atomic E-state index is 3.67. The molecule has 3 nitrogen and oxygen atoms in total. The summed E-state index contributed by atoms with van der Waals surface area (Å²) >= 11 is 0. The zero-order chi connectivity index (χ0) is 10.8. The van der Waals surface area contributed by atoms with Gasteiger partial charge in [-0.25, -0.2) is 0 Å². The molecule has 88 valence electrons. The van der Waals surface area contributed by atoms with E-state index in [4.69, 9.17) is 0 Å². The van der Waals surface area contributed by atoms with E-state index in [1.165, 1.54) is 25.8 Å². The quantitative estimate of drug-likeness (QED) is 0.724. The molecule has 2 rings (SSSR count). The Morgan fingerprint density at radius 2 is 2.07 bits per heavy atom. The van der Waals surface area contributed by atoms with Crippen LogP contribution in [0.2, 0.25) is 0 Å². The highest BCUT2D eigenvalue weighted by atomic mass is 15.3. The third kappa shape index (κ3) is 3.16. The van der Waals surface area contributed by atoms with Gasteiger partial charge in [-0.2, -0.15) is 0 Å². The van der Waals surface area contributed by atoms with Crippen LogP contribution in [0.3, 0.4) is 0 Å². The normalized spacial score (nSPS) is 32.8. The molecule has 1 aliphatic carbocycles. The first-order valence-corrected chi connectivity index (χ1v) is 6.30. The fourth-order valence-corrected chi connectivity index (χ4v) is 2.61. The van der Waals surface area contributed by atoms with Gasteiger partial charge in [0.2, 0.25) is 0 Å². The first-order valence-electron chi connectivity index (χ1n) is 6.30. The molecule has 2 unspecified atom stereocenters. The van der Waals surface area contributed by atoms with Crippen LogP contribution in [0, 0.1) is 0 Å². The van der Waals surface area contributed by atoms with E-state index in [0.717, 1.165) is 31.2 Å². The van der Waals surface area contributed by atoms with Gasteiger partial charge in [-0.05, 0) is 40.3 Å². The van der Waals surface area contributed by atoms with E-state index in [1.54, 1.807) is 0 Å². The summed E-state index contributed by atoms with van der Waals surface area (Å²) in [6, 6.07) is 2.47. The smallest absolute Gasteiger partial charge is 0.0210 e. The van der Waals surface area contributed by atoms with Crippen LogP contribution in [0.25, 0.3) is 0 Å². The Balaban J connectivity index is 1.67. The van der Waals surface area contributed by atoms with E-state index in [9.17, 15) is 0 Å². The highest BCUT2D eigenvalue weighted by molar-refractivity contribution is 4.95. The fourth-order valence-electron chi connectivity index (χ4n) is 2.61. The minimum atomic E-state index is 0.737. The molecule has 3 heteroatoms. The Labute approximate surface area is 93.8 Å². The van der Waals surface area contributed by atoms with Crippen LogP contribution >= 0.6 is 0 Å². The molecule has 1 aliphatic heterocycles. The van der Waals surface area contributed by atoms with E-state index in [1.807, 2.05) is 0 Å². The molecule has 0 spiro atoms. The van der Waals surface area contributed by atoms with Crippen molar-refractivity contribution < 1.29 is 0 Å². The van der Waals surface area contributed by atoms with Gasteiger partial charge >= 0.3 is 0 Å². The van der Waals surface area contributed by atoms with E-state index in [-0.39, 0.29) is 0 Å². The number of rotatable bonds is 5. The molecule has 2 atom stereocenters. The van der Waals surface area contributed by atoms with E-state index in [2.05, 4.69) is 36.1 Å². The summed E-state index contributed by atoms with van der Waals surface area (Å²) in [6.45, 7) is 5.93. The molecule has 1 heterocycles. The molecule has 0 amide bonds. The van der Waals surface area contributed by atoms with Crippen molar-refractivity contribution in [3.63, 3.8) is 0 Å². The van der Waals surface area contributed by atoms with E-state index in [0.29, 0.717) is 0 Å². The van der Waals surface area contributed by atoms with Gasteiger partial charge in [-0.3, -0.25) is 4.90 Å². The van der Waals surface area contributed by atoms with Crippen molar-refractivity contribution in [2.24, 2.45) is 0 Å². The van der Waals surface area contributed by atoms with Crippen molar-refractivity contribution in [3.05, 3.63) is 0 Å². The monoisotopic (exact) mass is 211 g/mol. The molecular formula is C12H25N3. The lowest BCUT2D eigenvalue weighted by molar-refractivity contribution is 0.254. The number of likely N-dealkylation sites (N-methyl/N-ethyl adjacent to an activating group) is 1. The number of nitrogens with one attached hydrogen (secondary N) is 1. The standard InChI is InChI=1S/C12H25N3/c1-10-8-11(13-6-7-14(2)3)9-15(10)12-4-5-12/h10-13H,4-9H2,1-3H3. The van der Waals surface area contributed by atoms with Gasteiger partial charge in [0.1, 0.15) is 0 Å². The van der Waals surface area contributed by atoms with Gasteiger partial charge in [-0.1, -0.05) is 0 Å². The molecule has 2 aliphatic rings. The first kappa shape index (κ1) is 11.4. The van der Waals surface area contributed by atoms with Gasteiger partial charge in [0.25, 0.3) is 0 Å². The lowest BCUT2D eigenvalue weighted by Gasteiger charge is -2.20. The minimum absolute atomic E-state index is 0.737. The summed E-state index contributed by atoms with van der Waals surface area (Å²) in [4.78, 5) is 4.94. The highest BCUT2D eigenvalue weighted by Gasteiger charge is 2.38. The van der Waals surface area contributed by atoms with Crippen molar-refractivity contribution in [1.29, 1.82) is 0 Å². The van der Waals surface area contributed by atoms with Crippen LogP contribution in [-0.2, 0) is 0 Å². The largest absolute Gasteiger partial charge is 0.311 e. The predicted molar refractivity (Wildman–Crippen MR) is 64.2 cm³/mol. The number of hydrogen-bond acceptors (Lipinski definition) is 3. The van der Waals surface area contributed by atoms with E-state index < -0.39 is 0 Å². The molecule has 0 bridgehead atoms. The highest BCUT2D eigenvalue weighted by Crippen LogP contribution is 2.33. The first-order chi connectivity index (χ1) is 7.16. The molecular weight excluding hydrogens is 186 g/mol. The van der Waals surface area contributed by atoms with Crippen molar-refractivity contribution in [2.45, 2.75) is 44.3 Å². The lowest BCUT2D eigenvalue weighted by atomic mass is 10.2. The fraction of sp³-hybridized carbons (Fsp3) is 1.00. The molecule has 2 fully saturated rings. The van der Waals surface area contributed by atoms with Crippen molar-refractivity contribution in [1.82, 2.24) is 15.1 Å². The summed E-state index contributed by atoms with van der Waals surface area (Å²) in [6.07, 6.45) is 4.22. The van der Waals surface area contributed by atoms with E-state index >= 15 is 0 Å². The molecule has 1 N–H and O–H groups in total. The van der Waals surface area contributed by atoms with Crippen LogP contribution < -0.4 is 5.32 Å².